The lowest BCUT2D eigenvalue weighted by atomic mass is 10.0. The molecule has 1 aromatic carbocycles. The predicted octanol–water partition coefficient (Wildman–Crippen LogP) is 4.28. The molecule has 0 radical (unpaired) electrons. The van der Waals surface area contributed by atoms with E-state index in [-0.39, 0.29) is 5.56 Å². The third-order valence-corrected chi connectivity index (χ3v) is 2.74. The minimum absolute atomic E-state index is 0.115. The zero-order chi connectivity index (χ0) is 13.7. The molecule has 0 fully saturated rings. The summed E-state index contributed by atoms with van der Waals surface area (Å²) in [6.45, 7) is 8.24. The molecule has 0 heterocycles. The molecule has 0 aliphatic carbocycles. The lowest BCUT2D eigenvalue weighted by Crippen LogP contribution is -2.23. The highest BCUT2D eigenvalue weighted by molar-refractivity contribution is 5.32. The molecular formula is C15H21F2N. The first kappa shape index (κ1) is 14.8. The van der Waals surface area contributed by atoms with Crippen LogP contribution in [0.2, 0.25) is 0 Å². The van der Waals surface area contributed by atoms with Crippen LogP contribution in [0.15, 0.2) is 23.8 Å². The summed E-state index contributed by atoms with van der Waals surface area (Å²) in [5.74, 6) is -0.953. The Morgan fingerprint density at radius 1 is 1.33 bits per heavy atom. The molecule has 1 nitrogen and oxygen atoms in total. The monoisotopic (exact) mass is 253 g/mol. The van der Waals surface area contributed by atoms with Crippen molar-refractivity contribution in [2.45, 2.75) is 40.2 Å². The molecule has 1 aromatic rings. The molecule has 1 rings (SSSR count). The van der Waals surface area contributed by atoms with Crippen molar-refractivity contribution in [2.24, 2.45) is 0 Å². The van der Waals surface area contributed by atoms with E-state index in [1.165, 1.54) is 12.1 Å². The average molecular weight is 253 g/mol. The second kappa shape index (κ2) is 6.64. The lowest BCUT2D eigenvalue weighted by molar-refractivity contribution is 0.505. The highest BCUT2D eigenvalue weighted by atomic mass is 19.1. The van der Waals surface area contributed by atoms with Gasteiger partial charge in [-0.15, -0.1) is 0 Å². The number of hydrogen-bond donors (Lipinski definition) is 1. The molecule has 1 unspecified atom stereocenters. The quantitative estimate of drug-likeness (QED) is 0.772. The Kier molecular flexibility index (Phi) is 5.48. The highest BCUT2D eigenvalue weighted by Crippen LogP contribution is 2.25. The van der Waals surface area contributed by atoms with Crippen LogP contribution in [0.4, 0.5) is 8.78 Å². The van der Waals surface area contributed by atoms with Gasteiger partial charge in [0.2, 0.25) is 0 Å². The Hall–Kier alpha value is -1.22. The van der Waals surface area contributed by atoms with Crippen LogP contribution >= 0.6 is 0 Å². The predicted molar refractivity (Wildman–Crippen MR) is 71.6 cm³/mol. The smallest absolute Gasteiger partial charge is 0.134 e. The Labute approximate surface area is 108 Å². The normalized spacial score (nSPS) is 12.3. The second-order valence-corrected chi connectivity index (χ2v) is 4.77. The van der Waals surface area contributed by atoms with Gasteiger partial charge in [0.1, 0.15) is 11.6 Å². The van der Waals surface area contributed by atoms with Gasteiger partial charge in [-0.25, -0.2) is 8.78 Å². The van der Waals surface area contributed by atoms with Crippen LogP contribution in [0.3, 0.4) is 0 Å². The second-order valence-electron chi connectivity index (χ2n) is 4.77. The number of hydrogen-bond acceptors (Lipinski definition) is 1. The van der Waals surface area contributed by atoms with Crippen molar-refractivity contribution < 1.29 is 8.78 Å². The van der Waals surface area contributed by atoms with Gasteiger partial charge in [-0.2, -0.15) is 0 Å². The molecule has 0 spiro atoms. The van der Waals surface area contributed by atoms with E-state index in [0.717, 1.165) is 18.5 Å². The SMILES string of the molecule is CCCNC(C=C(C)C)c1c(F)ccc(C)c1F. The Morgan fingerprint density at radius 3 is 2.56 bits per heavy atom. The third-order valence-electron chi connectivity index (χ3n) is 2.74. The molecular weight excluding hydrogens is 232 g/mol. The number of benzene rings is 1. The number of aryl methyl sites for hydroxylation is 1. The number of rotatable bonds is 5. The molecule has 0 saturated heterocycles. The van der Waals surface area contributed by atoms with Crippen LogP contribution in [0, 0.1) is 18.6 Å². The first-order chi connectivity index (χ1) is 8.47. The van der Waals surface area contributed by atoms with Crippen molar-refractivity contribution in [3.8, 4) is 0 Å². The summed E-state index contributed by atoms with van der Waals surface area (Å²) in [4.78, 5) is 0. The maximum Gasteiger partial charge on any atom is 0.134 e. The molecule has 1 atom stereocenters. The molecule has 0 bridgehead atoms. The van der Waals surface area contributed by atoms with Crippen molar-refractivity contribution in [2.75, 3.05) is 6.54 Å². The van der Waals surface area contributed by atoms with E-state index in [1.54, 1.807) is 6.92 Å². The van der Waals surface area contributed by atoms with Gasteiger partial charge in [-0.3, -0.25) is 0 Å². The fourth-order valence-electron chi connectivity index (χ4n) is 1.84. The van der Waals surface area contributed by atoms with E-state index in [1.807, 2.05) is 26.8 Å². The fourth-order valence-corrected chi connectivity index (χ4v) is 1.84. The summed E-state index contributed by atoms with van der Waals surface area (Å²) in [6.07, 6.45) is 2.78. The van der Waals surface area contributed by atoms with Crippen molar-refractivity contribution in [1.82, 2.24) is 5.32 Å². The molecule has 0 aliphatic heterocycles. The van der Waals surface area contributed by atoms with Gasteiger partial charge in [0.25, 0.3) is 0 Å². The number of halogens is 2. The molecule has 3 heteroatoms. The van der Waals surface area contributed by atoms with Gasteiger partial charge >= 0.3 is 0 Å². The van der Waals surface area contributed by atoms with E-state index >= 15 is 0 Å². The molecule has 0 saturated carbocycles. The minimum atomic E-state index is -0.496. The van der Waals surface area contributed by atoms with E-state index in [9.17, 15) is 8.78 Å². The molecule has 0 aromatic heterocycles. The van der Waals surface area contributed by atoms with Crippen LogP contribution in [0.1, 0.15) is 44.4 Å². The maximum atomic E-state index is 14.1. The fraction of sp³-hybridized carbons (Fsp3) is 0.467. The van der Waals surface area contributed by atoms with Crippen LogP contribution in [0.25, 0.3) is 0 Å². The minimum Gasteiger partial charge on any atom is -0.307 e. The Bertz CT molecular complexity index is 434. The summed E-state index contributed by atoms with van der Waals surface area (Å²) in [6, 6.07) is 2.38. The van der Waals surface area contributed by atoms with Gasteiger partial charge in [-0.1, -0.05) is 24.6 Å². The average Bonchev–Trinajstić information content (AvgIpc) is 2.30. The molecule has 100 valence electrons. The van der Waals surface area contributed by atoms with Gasteiger partial charge in [0.05, 0.1) is 6.04 Å². The summed E-state index contributed by atoms with van der Waals surface area (Å²) < 4.78 is 27.9. The third kappa shape index (κ3) is 3.64. The van der Waals surface area contributed by atoms with Crippen LogP contribution in [0.5, 0.6) is 0 Å². The van der Waals surface area contributed by atoms with Crippen molar-refractivity contribution in [3.05, 3.63) is 46.5 Å². The van der Waals surface area contributed by atoms with Crippen molar-refractivity contribution in [1.29, 1.82) is 0 Å². The topological polar surface area (TPSA) is 12.0 Å². The zero-order valence-corrected chi connectivity index (χ0v) is 11.5. The lowest BCUT2D eigenvalue weighted by Gasteiger charge is -2.18. The first-order valence-corrected chi connectivity index (χ1v) is 6.30. The van der Waals surface area contributed by atoms with Crippen molar-refractivity contribution >= 4 is 0 Å². The Balaban J connectivity index is 3.19. The van der Waals surface area contributed by atoms with Gasteiger partial charge in [0, 0.05) is 5.56 Å². The Morgan fingerprint density at radius 2 is 2.00 bits per heavy atom. The van der Waals surface area contributed by atoms with E-state index < -0.39 is 17.7 Å². The standard InChI is InChI=1S/C15H21F2N/c1-5-8-18-13(9-10(2)3)14-12(16)7-6-11(4)15(14)17/h6-7,9,13,18H,5,8H2,1-4H3. The zero-order valence-electron chi connectivity index (χ0n) is 11.5. The summed E-state index contributed by atoms with van der Waals surface area (Å²) in [7, 11) is 0. The van der Waals surface area contributed by atoms with Gasteiger partial charge in [0.15, 0.2) is 0 Å². The number of allylic oxidation sites excluding steroid dienone is 1. The van der Waals surface area contributed by atoms with E-state index in [4.69, 9.17) is 0 Å². The summed E-state index contributed by atoms with van der Waals surface area (Å²) in [5.41, 5.74) is 1.62. The molecule has 18 heavy (non-hydrogen) atoms. The van der Waals surface area contributed by atoms with Gasteiger partial charge < -0.3 is 5.32 Å². The first-order valence-electron chi connectivity index (χ1n) is 6.30. The van der Waals surface area contributed by atoms with Gasteiger partial charge in [-0.05, 0) is 45.4 Å². The van der Waals surface area contributed by atoms with Crippen LogP contribution in [-0.4, -0.2) is 6.54 Å². The molecule has 1 N–H and O–H groups in total. The highest BCUT2D eigenvalue weighted by Gasteiger charge is 2.19. The summed E-state index contributed by atoms with van der Waals surface area (Å²) in [5, 5.41) is 3.17. The van der Waals surface area contributed by atoms with Crippen LogP contribution < -0.4 is 5.32 Å². The molecule has 0 amide bonds. The number of nitrogens with one attached hydrogen (secondary N) is 1. The van der Waals surface area contributed by atoms with E-state index in [0.29, 0.717) is 5.56 Å². The van der Waals surface area contributed by atoms with E-state index in [2.05, 4.69) is 5.32 Å². The largest absolute Gasteiger partial charge is 0.307 e. The molecule has 0 aliphatic rings. The maximum absolute atomic E-state index is 14.1. The van der Waals surface area contributed by atoms with Crippen molar-refractivity contribution in [3.63, 3.8) is 0 Å². The summed E-state index contributed by atoms with van der Waals surface area (Å²) >= 11 is 0. The van der Waals surface area contributed by atoms with Crippen LogP contribution in [-0.2, 0) is 0 Å².